The summed E-state index contributed by atoms with van der Waals surface area (Å²) >= 11 is 7.18. The SMILES string of the molecule is CCOC(=O)c1c(NC(=S)NC2CC(C)CC(C)(C)C2)sc(C)c1-c1ccccc1. The molecule has 1 aliphatic rings. The van der Waals surface area contributed by atoms with E-state index in [1.807, 2.05) is 44.2 Å². The monoisotopic (exact) mass is 444 g/mol. The van der Waals surface area contributed by atoms with Crippen molar-refractivity contribution in [3.8, 4) is 11.1 Å². The van der Waals surface area contributed by atoms with Gasteiger partial charge in [0, 0.05) is 16.5 Å². The van der Waals surface area contributed by atoms with Crippen molar-refractivity contribution >= 4 is 39.6 Å². The first-order valence-electron chi connectivity index (χ1n) is 10.6. The number of rotatable bonds is 5. The zero-order valence-electron chi connectivity index (χ0n) is 18.5. The first-order chi connectivity index (χ1) is 14.2. The van der Waals surface area contributed by atoms with Crippen LogP contribution in [0, 0.1) is 18.3 Å². The van der Waals surface area contributed by atoms with Gasteiger partial charge in [-0.15, -0.1) is 11.3 Å². The fourth-order valence-electron chi connectivity index (χ4n) is 4.76. The number of benzene rings is 1. The number of esters is 1. The Morgan fingerprint density at radius 3 is 2.60 bits per heavy atom. The molecule has 4 nitrogen and oxygen atoms in total. The molecule has 2 N–H and O–H groups in total. The number of nitrogens with one attached hydrogen (secondary N) is 2. The van der Waals surface area contributed by atoms with Gasteiger partial charge in [0.25, 0.3) is 0 Å². The zero-order valence-corrected chi connectivity index (χ0v) is 20.1. The molecule has 0 bridgehead atoms. The molecular formula is C24H32N2O2S2. The van der Waals surface area contributed by atoms with Crippen LogP contribution in [0.4, 0.5) is 5.00 Å². The number of anilines is 1. The van der Waals surface area contributed by atoms with E-state index < -0.39 is 0 Å². The lowest BCUT2D eigenvalue weighted by molar-refractivity contribution is 0.0529. The summed E-state index contributed by atoms with van der Waals surface area (Å²) in [5.74, 6) is 0.344. The predicted octanol–water partition coefficient (Wildman–Crippen LogP) is 6.40. The number of hydrogen-bond donors (Lipinski definition) is 2. The number of thiocarbonyl (C=S) groups is 1. The molecule has 3 rings (SSSR count). The third kappa shape index (κ3) is 5.41. The minimum absolute atomic E-state index is 0.307. The molecule has 30 heavy (non-hydrogen) atoms. The minimum Gasteiger partial charge on any atom is -0.462 e. The van der Waals surface area contributed by atoms with E-state index in [0.717, 1.165) is 33.8 Å². The number of ether oxygens (including phenoxy) is 1. The molecule has 2 unspecified atom stereocenters. The maximum atomic E-state index is 12.9. The number of aryl methyl sites for hydroxylation is 1. The summed E-state index contributed by atoms with van der Waals surface area (Å²) < 4.78 is 5.38. The molecule has 2 aromatic rings. The second kappa shape index (κ2) is 9.48. The Kier molecular flexibility index (Phi) is 7.19. The molecule has 1 fully saturated rings. The van der Waals surface area contributed by atoms with Gasteiger partial charge >= 0.3 is 5.97 Å². The highest BCUT2D eigenvalue weighted by atomic mass is 32.1. The molecule has 1 saturated carbocycles. The quantitative estimate of drug-likeness (QED) is 0.413. The summed E-state index contributed by atoms with van der Waals surface area (Å²) in [5, 5.41) is 8.11. The van der Waals surface area contributed by atoms with Crippen molar-refractivity contribution in [2.75, 3.05) is 11.9 Å². The molecule has 2 atom stereocenters. The highest BCUT2D eigenvalue weighted by Crippen LogP contribution is 2.41. The van der Waals surface area contributed by atoms with Gasteiger partial charge in [-0.1, -0.05) is 51.1 Å². The maximum absolute atomic E-state index is 12.9. The summed E-state index contributed by atoms with van der Waals surface area (Å²) in [7, 11) is 0. The van der Waals surface area contributed by atoms with Crippen LogP contribution in [0.15, 0.2) is 30.3 Å². The molecule has 1 aliphatic carbocycles. The van der Waals surface area contributed by atoms with E-state index in [1.165, 1.54) is 6.42 Å². The molecule has 0 spiro atoms. The highest BCUT2D eigenvalue weighted by molar-refractivity contribution is 7.80. The van der Waals surface area contributed by atoms with E-state index in [4.69, 9.17) is 17.0 Å². The van der Waals surface area contributed by atoms with Gasteiger partial charge in [0.1, 0.15) is 10.6 Å². The standard InChI is InChI=1S/C24H32N2O2S2/c1-6-28-22(27)20-19(17-10-8-7-9-11-17)16(3)30-21(20)26-23(29)25-18-12-15(2)13-24(4,5)14-18/h7-11,15,18H,6,12-14H2,1-5H3,(H2,25,26,29). The Labute approximate surface area is 189 Å². The summed E-state index contributed by atoms with van der Waals surface area (Å²) in [6, 6.07) is 10.3. The van der Waals surface area contributed by atoms with Crippen LogP contribution in [-0.4, -0.2) is 23.7 Å². The minimum atomic E-state index is -0.321. The van der Waals surface area contributed by atoms with Crippen LogP contribution in [0.5, 0.6) is 0 Å². The van der Waals surface area contributed by atoms with Gasteiger partial charge in [-0.2, -0.15) is 0 Å². The van der Waals surface area contributed by atoms with E-state index in [-0.39, 0.29) is 5.97 Å². The van der Waals surface area contributed by atoms with Crippen molar-refractivity contribution in [2.24, 2.45) is 11.3 Å². The van der Waals surface area contributed by atoms with Gasteiger partial charge in [0.2, 0.25) is 0 Å². The topological polar surface area (TPSA) is 50.4 Å². The van der Waals surface area contributed by atoms with Crippen LogP contribution in [0.3, 0.4) is 0 Å². The molecule has 1 aromatic heterocycles. The lowest BCUT2D eigenvalue weighted by Crippen LogP contribution is -2.44. The molecule has 6 heteroatoms. The van der Waals surface area contributed by atoms with E-state index in [9.17, 15) is 4.79 Å². The highest BCUT2D eigenvalue weighted by Gasteiger charge is 2.32. The van der Waals surface area contributed by atoms with Crippen molar-refractivity contribution in [3.05, 3.63) is 40.8 Å². The van der Waals surface area contributed by atoms with E-state index in [0.29, 0.717) is 34.7 Å². The number of thiophene rings is 1. The normalized spacial score (nSPS) is 20.4. The molecule has 0 radical (unpaired) electrons. The first kappa shape index (κ1) is 22.8. The fourth-order valence-corrected chi connectivity index (χ4v) is 6.17. The van der Waals surface area contributed by atoms with E-state index in [1.54, 1.807) is 11.3 Å². The lowest BCUT2D eigenvalue weighted by atomic mass is 9.71. The molecule has 1 aromatic carbocycles. The molecule has 1 heterocycles. The van der Waals surface area contributed by atoms with Gasteiger partial charge in [0.15, 0.2) is 5.11 Å². The Morgan fingerprint density at radius 2 is 1.97 bits per heavy atom. The number of carbonyl (C=O) groups is 1. The van der Waals surface area contributed by atoms with Gasteiger partial charge in [0.05, 0.1) is 6.61 Å². The van der Waals surface area contributed by atoms with Crippen molar-refractivity contribution in [1.29, 1.82) is 0 Å². The largest absolute Gasteiger partial charge is 0.462 e. The van der Waals surface area contributed by atoms with Crippen molar-refractivity contribution in [1.82, 2.24) is 5.32 Å². The Hall–Kier alpha value is -1.92. The van der Waals surface area contributed by atoms with Gasteiger partial charge in [-0.3, -0.25) is 0 Å². The third-order valence-corrected chi connectivity index (χ3v) is 6.82. The summed E-state index contributed by atoms with van der Waals surface area (Å²) in [4.78, 5) is 13.9. The molecule has 162 valence electrons. The van der Waals surface area contributed by atoms with Gasteiger partial charge in [-0.05, 0) is 62.2 Å². The van der Waals surface area contributed by atoms with Crippen molar-refractivity contribution < 1.29 is 9.53 Å². The van der Waals surface area contributed by atoms with Gasteiger partial charge in [-0.25, -0.2) is 4.79 Å². The first-order valence-corrected chi connectivity index (χ1v) is 11.9. The van der Waals surface area contributed by atoms with Crippen LogP contribution in [0.2, 0.25) is 0 Å². The Bertz CT molecular complexity index is 905. The fraction of sp³-hybridized carbons (Fsp3) is 0.500. The Morgan fingerprint density at radius 1 is 1.27 bits per heavy atom. The average Bonchev–Trinajstić information content (AvgIpc) is 2.96. The average molecular weight is 445 g/mol. The van der Waals surface area contributed by atoms with Crippen LogP contribution in [0.1, 0.15) is 62.2 Å². The smallest absolute Gasteiger partial charge is 0.341 e. The third-order valence-electron chi connectivity index (χ3n) is 5.58. The second-order valence-corrected chi connectivity index (χ2v) is 10.7. The number of hydrogen-bond acceptors (Lipinski definition) is 4. The summed E-state index contributed by atoms with van der Waals surface area (Å²) in [5.41, 5.74) is 2.79. The van der Waals surface area contributed by atoms with E-state index >= 15 is 0 Å². The van der Waals surface area contributed by atoms with Crippen molar-refractivity contribution in [2.45, 2.75) is 59.9 Å². The van der Waals surface area contributed by atoms with E-state index in [2.05, 4.69) is 31.4 Å². The van der Waals surface area contributed by atoms with Crippen LogP contribution >= 0.6 is 23.6 Å². The van der Waals surface area contributed by atoms with Crippen LogP contribution in [-0.2, 0) is 4.74 Å². The number of carbonyl (C=O) groups excluding carboxylic acids is 1. The maximum Gasteiger partial charge on any atom is 0.341 e. The Balaban J connectivity index is 1.85. The molecule has 0 amide bonds. The molecule has 0 aliphatic heterocycles. The summed E-state index contributed by atoms with van der Waals surface area (Å²) in [6.45, 7) is 11.1. The zero-order chi connectivity index (χ0) is 21.9. The molecular weight excluding hydrogens is 412 g/mol. The van der Waals surface area contributed by atoms with Crippen LogP contribution in [0.25, 0.3) is 11.1 Å². The van der Waals surface area contributed by atoms with Gasteiger partial charge < -0.3 is 15.4 Å². The molecule has 0 saturated heterocycles. The summed E-state index contributed by atoms with van der Waals surface area (Å²) in [6.07, 6.45) is 3.43. The van der Waals surface area contributed by atoms with Crippen LogP contribution < -0.4 is 10.6 Å². The lowest BCUT2D eigenvalue weighted by Gasteiger charge is -2.39. The predicted molar refractivity (Wildman–Crippen MR) is 130 cm³/mol. The second-order valence-electron chi connectivity index (χ2n) is 9.03. The van der Waals surface area contributed by atoms with Crippen molar-refractivity contribution in [3.63, 3.8) is 0 Å².